The van der Waals surface area contributed by atoms with Gasteiger partial charge in [-0.3, -0.25) is 9.69 Å². The van der Waals surface area contributed by atoms with Gasteiger partial charge in [-0.05, 0) is 12.5 Å². The number of amides is 1. The Kier molecular flexibility index (Phi) is 3.45. The summed E-state index contributed by atoms with van der Waals surface area (Å²) < 4.78 is 0. The van der Waals surface area contributed by atoms with Crippen LogP contribution in [0.2, 0.25) is 0 Å². The zero-order valence-electron chi connectivity index (χ0n) is 10.1. The summed E-state index contributed by atoms with van der Waals surface area (Å²) in [5, 5.41) is 3.52. The Labute approximate surface area is 102 Å². The molecule has 1 aromatic carbocycles. The van der Waals surface area contributed by atoms with E-state index in [2.05, 4.69) is 29.3 Å². The van der Waals surface area contributed by atoms with Crippen molar-refractivity contribution in [2.75, 3.05) is 26.2 Å². The molecule has 92 valence electrons. The highest BCUT2D eigenvalue weighted by molar-refractivity contribution is 5.75. The van der Waals surface area contributed by atoms with Gasteiger partial charge in [0.1, 0.15) is 0 Å². The molecule has 1 amide bonds. The van der Waals surface area contributed by atoms with E-state index in [1.54, 1.807) is 0 Å². The number of hydrogen-bond donors (Lipinski definition) is 2. The lowest BCUT2D eigenvalue weighted by atomic mass is 9.89. The van der Waals surface area contributed by atoms with Crippen LogP contribution in [-0.4, -0.2) is 37.0 Å². The van der Waals surface area contributed by atoms with Crippen LogP contribution in [0.15, 0.2) is 30.3 Å². The molecular weight excluding hydrogens is 214 g/mol. The van der Waals surface area contributed by atoms with Gasteiger partial charge in [0.2, 0.25) is 5.91 Å². The fraction of sp³-hybridized carbons (Fsp3) is 0.462. The molecule has 0 spiro atoms. The highest BCUT2D eigenvalue weighted by atomic mass is 16.1. The summed E-state index contributed by atoms with van der Waals surface area (Å²) in [6.45, 7) is 5.05. The van der Waals surface area contributed by atoms with Crippen molar-refractivity contribution in [2.24, 2.45) is 5.73 Å². The first-order chi connectivity index (χ1) is 8.10. The van der Waals surface area contributed by atoms with Gasteiger partial charge in [0.15, 0.2) is 0 Å². The van der Waals surface area contributed by atoms with Crippen molar-refractivity contribution in [3.8, 4) is 0 Å². The fourth-order valence-electron chi connectivity index (χ4n) is 2.43. The topological polar surface area (TPSA) is 58.4 Å². The molecule has 0 bridgehead atoms. The van der Waals surface area contributed by atoms with Crippen molar-refractivity contribution >= 4 is 5.91 Å². The van der Waals surface area contributed by atoms with Crippen molar-refractivity contribution in [1.29, 1.82) is 0 Å². The number of rotatable bonds is 3. The molecule has 3 N–H and O–H groups in total. The maximum absolute atomic E-state index is 11.0. The predicted molar refractivity (Wildman–Crippen MR) is 67.4 cm³/mol. The summed E-state index contributed by atoms with van der Waals surface area (Å²) in [6.07, 6.45) is 0. The van der Waals surface area contributed by atoms with Gasteiger partial charge in [0.05, 0.1) is 12.1 Å². The molecular formula is C13H19N3O. The Morgan fingerprint density at radius 3 is 2.82 bits per heavy atom. The number of hydrogen-bond acceptors (Lipinski definition) is 3. The Hall–Kier alpha value is -1.39. The Morgan fingerprint density at radius 2 is 2.18 bits per heavy atom. The van der Waals surface area contributed by atoms with Gasteiger partial charge in [0, 0.05) is 19.6 Å². The highest BCUT2D eigenvalue weighted by Crippen LogP contribution is 2.23. The Balaban J connectivity index is 2.12. The van der Waals surface area contributed by atoms with Crippen LogP contribution in [0.4, 0.5) is 0 Å². The largest absolute Gasteiger partial charge is 0.369 e. The van der Waals surface area contributed by atoms with Gasteiger partial charge >= 0.3 is 0 Å². The van der Waals surface area contributed by atoms with Crippen LogP contribution in [0.5, 0.6) is 0 Å². The van der Waals surface area contributed by atoms with E-state index >= 15 is 0 Å². The molecule has 1 aromatic rings. The van der Waals surface area contributed by atoms with Gasteiger partial charge in [-0.1, -0.05) is 30.3 Å². The lowest BCUT2D eigenvalue weighted by molar-refractivity contribution is -0.119. The van der Waals surface area contributed by atoms with Crippen LogP contribution in [0, 0.1) is 0 Å². The summed E-state index contributed by atoms with van der Waals surface area (Å²) in [5.41, 5.74) is 6.39. The number of nitrogens with one attached hydrogen (secondary N) is 1. The Bertz CT molecular complexity index is 393. The van der Waals surface area contributed by atoms with E-state index in [9.17, 15) is 4.79 Å². The van der Waals surface area contributed by atoms with Crippen LogP contribution < -0.4 is 11.1 Å². The normalized spacial score (nSPS) is 25.7. The maximum atomic E-state index is 11.0. The molecule has 1 aliphatic heterocycles. The summed E-state index contributed by atoms with van der Waals surface area (Å²) in [4.78, 5) is 13.1. The third-order valence-corrected chi connectivity index (χ3v) is 3.27. The third-order valence-electron chi connectivity index (χ3n) is 3.27. The van der Waals surface area contributed by atoms with Crippen LogP contribution in [0.3, 0.4) is 0 Å². The van der Waals surface area contributed by atoms with Crippen molar-refractivity contribution in [2.45, 2.75) is 12.5 Å². The average Bonchev–Trinajstić information content (AvgIpc) is 2.29. The lowest BCUT2D eigenvalue weighted by Crippen LogP contribution is -2.57. The lowest BCUT2D eigenvalue weighted by Gasteiger charge is -2.41. The van der Waals surface area contributed by atoms with Gasteiger partial charge < -0.3 is 11.1 Å². The van der Waals surface area contributed by atoms with Crippen molar-refractivity contribution in [3.05, 3.63) is 35.9 Å². The van der Waals surface area contributed by atoms with Crippen LogP contribution in [0.25, 0.3) is 0 Å². The van der Waals surface area contributed by atoms with Crippen molar-refractivity contribution in [3.63, 3.8) is 0 Å². The van der Waals surface area contributed by atoms with Crippen LogP contribution in [0.1, 0.15) is 12.5 Å². The molecule has 1 unspecified atom stereocenters. The molecule has 1 aliphatic rings. The Morgan fingerprint density at radius 1 is 1.47 bits per heavy atom. The number of piperazine rings is 1. The van der Waals surface area contributed by atoms with Gasteiger partial charge in [-0.15, -0.1) is 0 Å². The molecule has 1 saturated heterocycles. The number of benzene rings is 1. The zero-order chi connectivity index (χ0) is 12.3. The summed E-state index contributed by atoms with van der Waals surface area (Å²) >= 11 is 0. The van der Waals surface area contributed by atoms with Crippen LogP contribution >= 0.6 is 0 Å². The van der Waals surface area contributed by atoms with E-state index in [-0.39, 0.29) is 11.4 Å². The van der Waals surface area contributed by atoms with E-state index in [1.165, 1.54) is 5.56 Å². The number of carbonyl (C=O) groups excluding carboxylic acids is 1. The number of nitrogens with zero attached hydrogens (tertiary/aromatic N) is 1. The summed E-state index contributed by atoms with van der Waals surface area (Å²) in [5.74, 6) is -0.262. The molecule has 1 fully saturated rings. The third kappa shape index (κ3) is 2.84. The minimum atomic E-state index is -0.262. The minimum Gasteiger partial charge on any atom is -0.369 e. The van der Waals surface area contributed by atoms with E-state index in [0.717, 1.165) is 19.6 Å². The molecule has 0 aromatic heterocycles. The molecule has 17 heavy (non-hydrogen) atoms. The first-order valence-corrected chi connectivity index (χ1v) is 5.91. The average molecular weight is 233 g/mol. The molecule has 4 nitrogen and oxygen atoms in total. The van der Waals surface area contributed by atoms with E-state index in [4.69, 9.17) is 5.73 Å². The first-order valence-electron chi connectivity index (χ1n) is 5.91. The van der Waals surface area contributed by atoms with Crippen LogP contribution in [-0.2, 0) is 10.3 Å². The molecule has 2 rings (SSSR count). The van der Waals surface area contributed by atoms with Crippen molar-refractivity contribution in [1.82, 2.24) is 10.2 Å². The SMILES string of the molecule is CC1(c2ccccc2)CN(CC(N)=O)CCN1. The second-order valence-electron chi connectivity index (χ2n) is 4.80. The first kappa shape index (κ1) is 12.1. The van der Waals surface area contributed by atoms with E-state index in [1.807, 2.05) is 18.2 Å². The second kappa shape index (κ2) is 4.85. The second-order valence-corrected chi connectivity index (χ2v) is 4.80. The molecule has 1 atom stereocenters. The van der Waals surface area contributed by atoms with Crippen molar-refractivity contribution < 1.29 is 4.79 Å². The predicted octanol–water partition coefficient (Wildman–Crippen LogP) is 0.292. The number of carbonyl (C=O) groups is 1. The molecule has 1 heterocycles. The summed E-state index contributed by atoms with van der Waals surface area (Å²) in [6, 6.07) is 10.3. The fourth-order valence-corrected chi connectivity index (χ4v) is 2.43. The smallest absolute Gasteiger partial charge is 0.231 e. The maximum Gasteiger partial charge on any atom is 0.231 e. The zero-order valence-corrected chi connectivity index (χ0v) is 10.1. The van der Waals surface area contributed by atoms with Gasteiger partial charge in [0.25, 0.3) is 0 Å². The molecule has 0 radical (unpaired) electrons. The van der Waals surface area contributed by atoms with E-state index < -0.39 is 0 Å². The standard InChI is InChI=1S/C13H19N3O/c1-13(11-5-3-2-4-6-11)10-16(8-7-15-13)9-12(14)17/h2-6,15H,7-10H2,1H3,(H2,14,17). The molecule has 0 aliphatic carbocycles. The summed E-state index contributed by atoms with van der Waals surface area (Å²) in [7, 11) is 0. The minimum absolute atomic E-state index is 0.102. The highest BCUT2D eigenvalue weighted by Gasteiger charge is 2.32. The number of primary amides is 1. The monoisotopic (exact) mass is 233 g/mol. The quantitative estimate of drug-likeness (QED) is 0.789. The molecule has 0 saturated carbocycles. The number of nitrogens with two attached hydrogens (primary N) is 1. The van der Waals surface area contributed by atoms with Gasteiger partial charge in [-0.2, -0.15) is 0 Å². The van der Waals surface area contributed by atoms with Gasteiger partial charge in [-0.25, -0.2) is 0 Å². The molecule has 4 heteroatoms. The van der Waals surface area contributed by atoms with E-state index in [0.29, 0.717) is 6.54 Å².